The highest BCUT2D eigenvalue weighted by Crippen LogP contribution is 2.46. The van der Waals surface area contributed by atoms with Crippen LogP contribution in [-0.2, 0) is 4.74 Å². The first-order chi connectivity index (χ1) is 22.4. The second kappa shape index (κ2) is 11.3. The normalized spacial score (nSPS) is 17.4. The number of fused-ring (bicyclic) bond motifs is 4. The number of H-pyrrole nitrogens is 1. The van der Waals surface area contributed by atoms with Gasteiger partial charge < -0.3 is 33.8 Å². The van der Waals surface area contributed by atoms with Crippen molar-refractivity contribution in [2.75, 3.05) is 46.6 Å². The summed E-state index contributed by atoms with van der Waals surface area (Å²) in [5.74, 6) is 2.77. The van der Waals surface area contributed by atoms with Crippen molar-refractivity contribution >= 4 is 27.8 Å². The minimum atomic E-state index is -0.161. The van der Waals surface area contributed by atoms with Gasteiger partial charge in [-0.3, -0.25) is 9.69 Å². The van der Waals surface area contributed by atoms with Crippen molar-refractivity contribution in [1.82, 2.24) is 30.3 Å². The summed E-state index contributed by atoms with van der Waals surface area (Å²) in [6, 6.07) is 8.36. The number of methoxy groups -OCH3 is 1. The van der Waals surface area contributed by atoms with Crippen LogP contribution in [0.1, 0.15) is 40.5 Å². The number of amides is 1. The summed E-state index contributed by atoms with van der Waals surface area (Å²) in [5, 5.41) is 9.10. The number of aromatic amines is 1. The molecule has 3 aromatic heterocycles. The molecule has 238 valence electrons. The van der Waals surface area contributed by atoms with Gasteiger partial charge in [-0.05, 0) is 57.9 Å². The lowest BCUT2D eigenvalue weighted by Crippen LogP contribution is -2.54. The molecule has 6 heterocycles. The van der Waals surface area contributed by atoms with Crippen molar-refractivity contribution in [3.8, 4) is 39.6 Å². The van der Waals surface area contributed by atoms with E-state index in [4.69, 9.17) is 33.4 Å². The maximum absolute atomic E-state index is 13.6. The number of rotatable bonds is 6. The van der Waals surface area contributed by atoms with Gasteiger partial charge in [0, 0.05) is 41.2 Å². The molecule has 1 amide bonds. The highest BCUT2D eigenvalue weighted by molar-refractivity contribution is 6.14. The molecule has 0 radical (unpaired) electrons. The molecular formula is C34H36N6O6. The van der Waals surface area contributed by atoms with Crippen molar-refractivity contribution in [3.05, 3.63) is 47.1 Å². The van der Waals surface area contributed by atoms with E-state index in [1.54, 1.807) is 7.11 Å². The number of benzene rings is 2. The third-order valence-corrected chi connectivity index (χ3v) is 9.38. The molecule has 12 nitrogen and oxygen atoms in total. The van der Waals surface area contributed by atoms with Gasteiger partial charge in [-0.2, -0.15) is 0 Å². The number of nitrogens with zero attached hydrogens (tertiary/aromatic N) is 4. The second-order valence-electron chi connectivity index (χ2n) is 12.3. The number of hydrogen-bond acceptors (Lipinski definition) is 10. The van der Waals surface area contributed by atoms with Gasteiger partial charge in [-0.1, -0.05) is 5.16 Å². The van der Waals surface area contributed by atoms with Crippen LogP contribution >= 0.6 is 0 Å². The van der Waals surface area contributed by atoms with E-state index >= 15 is 0 Å². The Morgan fingerprint density at radius 2 is 1.80 bits per heavy atom. The van der Waals surface area contributed by atoms with Gasteiger partial charge in [0.2, 0.25) is 0 Å². The Bertz CT molecular complexity index is 1970. The molecule has 0 spiro atoms. The van der Waals surface area contributed by atoms with E-state index in [2.05, 4.69) is 20.4 Å². The van der Waals surface area contributed by atoms with E-state index in [0.717, 1.165) is 77.8 Å². The van der Waals surface area contributed by atoms with Crippen LogP contribution in [0.3, 0.4) is 0 Å². The lowest BCUT2D eigenvalue weighted by Gasteiger charge is -2.41. The zero-order valence-electron chi connectivity index (χ0n) is 26.4. The van der Waals surface area contributed by atoms with Gasteiger partial charge in [-0.15, -0.1) is 0 Å². The van der Waals surface area contributed by atoms with Crippen LogP contribution in [-0.4, -0.2) is 89.6 Å². The molecule has 3 aliphatic rings. The minimum Gasteiger partial charge on any atom is -0.496 e. The molecule has 2 saturated heterocycles. The molecular weight excluding hydrogens is 588 g/mol. The van der Waals surface area contributed by atoms with Crippen LogP contribution in [0.4, 0.5) is 0 Å². The summed E-state index contributed by atoms with van der Waals surface area (Å²) in [4.78, 5) is 29.2. The highest BCUT2D eigenvalue weighted by Gasteiger charge is 2.32. The number of carbonyl (C=O) groups excluding carboxylic acids is 1. The SMILES string of the molecule is COc1cc2c(cc1-c1c(C)noc1C)[nH]c1nc(C)nc(-c3ccc(C(=O)NC4CCN(C5COC5)CC4)c4c3OCCO4)c12. The van der Waals surface area contributed by atoms with Crippen LogP contribution in [0, 0.1) is 20.8 Å². The summed E-state index contributed by atoms with van der Waals surface area (Å²) >= 11 is 0. The first kappa shape index (κ1) is 28.8. The van der Waals surface area contributed by atoms with Gasteiger partial charge in [0.15, 0.2) is 11.5 Å². The van der Waals surface area contributed by atoms with Gasteiger partial charge >= 0.3 is 0 Å². The van der Waals surface area contributed by atoms with Crippen LogP contribution < -0.4 is 19.5 Å². The third-order valence-electron chi connectivity index (χ3n) is 9.38. The van der Waals surface area contributed by atoms with Gasteiger partial charge in [0.25, 0.3) is 5.91 Å². The average Bonchev–Trinajstić information content (AvgIpc) is 3.56. The van der Waals surface area contributed by atoms with Gasteiger partial charge in [0.1, 0.15) is 36.2 Å². The first-order valence-electron chi connectivity index (χ1n) is 15.8. The number of aromatic nitrogens is 4. The lowest BCUT2D eigenvalue weighted by atomic mass is 9.98. The second-order valence-corrected chi connectivity index (χ2v) is 12.3. The largest absolute Gasteiger partial charge is 0.496 e. The summed E-state index contributed by atoms with van der Waals surface area (Å²) in [6.45, 7) is 9.90. The van der Waals surface area contributed by atoms with Crippen LogP contribution in [0.15, 0.2) is 28.8 Å². The van der Waals surface area contributed by atoms with E-state index in [1.807, 2.05) is 45.0 Å². The molecule has 8 rings (SSSR count). The van der Waals surface area contributed by atoms with Crippen molar-refractivity contribution in [2.24, 2.45) is 0 Å². The van der Waals surface area contributed by atoms with Crippen LogP contribution in [0.5, 0.6) is 17.2 Å². The Kier molecular flexibility index (Phi) is 7.06. The fourth-order valence-corrected chi connectivity index (χ4v) is 6.97. The van der Waals surface area contributed by atoms with E-state index < -0.39 is 0 Å². The number of nitrogens with one attached hydrogen (secondary N) is 2. The fourth-order valence-electron chi connectivity index (χ4n) is 6.97. The van der Waals surface area contributed by atoms with E-state index in [1.165, 1.54) is 0 Å². The molecule has 3 aliphatic heterocycles. The topological polar surface area (TPSA) is 137 Å². The molecule has 0 aliphatic carbocycles. The number of carbonyl (C=O) groups is 1. The van der Waals surface area contributed by atoms with Crippen molar-refractivity contribution in [2.45, 2.75) is 45.7 Å². The average molecular weight is 625 g/mol. The molecule has 2 N–H and O–H groups in total. The lowest BCUT2D eigenvalue weighted by molar-refractivity contribution is -0.0716. The highest BCUT2D eigenvalue weighted by atomic mass is 16.6. The third kappa shape index (κ3) is 4.74. The molecule has 12 heteroatoms. The molecule has 0 saturated carbocycles. The quantitative estimate of drug-likeness (QED) is 0.273. The van der Waals surface area contributed by atoms with Gasteiger partial charge in [-0.25, -0.2) is 9.97 Å². The number of hydrogen-bond donors (Lipinski definition) is 2. The monoisotopic (exact) mass is 624 g/mol. The summed E-state index contributed by atoms with van der Waals surface area (Å²) < 4.78 is 29.0. The molecule has 46 heavy (non-hydrogen) atoms. The zero-order valence-corrected chi connectivity index (χ0v) is 26.4. The van der Waals surface area contributed by atoms with E-state index in [-0.39, 0.29) is 11.9 Å². The predicted octanol–water partition coefficient (Wildman–Crippen LogP) is 4.73. The smallest absolute Gasteiger partial charge is 0.255 e. The maximum Gasteiger partial charge on any atom is 0.255 e. The summed E-state index contributed by atoms with van der Waals surface area (Å²) in [5.41, 5.74) is 5.97. The molecule has 0 unspecified atom stereocenters. The molecule has 2 fully saturated rings. The van der Waals surface area contributed by atoms with Crippen LogP contribution in [0.2, 0.25) is 0 Å². The summed E-state index contributed by atoms with van der Waals surface area (Å²) in [6.07, 6.45) is 1.81. The number of likely N-dealkylation sites (tertiary alicyclic amines) is 1. The van der Waals surface area contributed by atoms with Crippen molar-refractivity contribution < 1.29 is 28.3 Å². The Balaban J connectivity index is 1.18. The number of ether oxygens (including phenoxy) is 4. The molecule has 0 atom stereocenters. The Hall–Kier alpha value is -4.68. The first-order valence-corrected chi connectivity index (χ1v) is 15.8. The van der Waals surface area contributed by atoms with Gasteiger partial charge in [0.05, 0.1) is 54.3 Å². The number of aryl methyl sites for hydroxylation is 3. The van der Waals surface area contributed by atoms with Crippen molar-refractivity contribution in [1.29, 1.82) is 0 Å². The molecule has 0 bridgehead atoms. The summed E-state index contributed by atoms with van der Waals surface area (Å²) in [7, 11) is 1.65. The van der Waals surface area contributed by atoms with Crippen molar-refractivity contribution in [3.63, 3.8) is 0 Å². The maximum atomic E-state index is 13.6. The minimum absolute atomic E-state index is 0.102. The van der Waals surface area contributed by atoms with E-state index in [0.29, 0.717) is 65.0 Å². The molecule has 5 aromatic rings. The van der Waals surface area contributed by atoms with Crippen LogP contribution in [0.25, 0.3) is 44.3 Å². The Morgan fingerprint density at radius 3 is 2.50 bits per heavy atom. The Morgan fingerprint density at radius 1 is 1.02 bits per heavy atom. The van der Waals surface area contributed by atoms with E-state index in [9.17, 15) is 4.79 Å². The predicted molar refractivity (Wildman–Crippen MR) is 171 cm³/mol. The Labute approximate surface area is 265 Å². The zero-order chi connectivity index (χ0) is 31.5. The fraction of sp³-hybridized carbons (Fsp3) is 0.412. The number of piperidine rings is 1. The molecule has 2 aromatic carbocycles. The standard InChI is InChI=1S/C34H36N6O6/c1-17-28(18(2)46-39-17)25-13-26-24(14-27(25)42-4)29-30(35-19(3)36-33(29)38-26)22-5-6-23(32-31(22)44-11-12-45-32)34(41)37-20-7-9-40(10-8-20)21-15-43-16-21/h5-6,13-14,20-21H,7-12,15-16H2,1-4H3,(H,37,41)(H,35,36,38).